The van der Waals surface area contributed by atoms with Gasteiger partial charge in [0.25, 0.3) is 5.91 Å². The Balaban J connectivity index is 1.54. The maximum atomic E-state index is 12.8. The summed E-state index contributed by atoms with van der Waals surface area (Å²) < 4.78 is 16.5. The van der Waals surface area contributed by atoms with Gasteiger partial charge in [-0.3, -0.25) is 4.79 Å². The smallest absolute Gasteiger partial charge is 0.253 e. The third-order valence-electron chi connectivity index (χ3n) is 5.10. The Hall–Kier alpha value is -2.69. The molecule has 1 amide bonds. The van der Waals surface area contributed by atoms with Crippen molar-refractivity contribution in [1.82, 2.24) is 4.90 Å². The zero-order valence-corrected chi connectivity index (χ0v) is 16.2. The van der Waals surface area contributed by atoms with Gasteiger partial charge in [0, 0.05) is 18.7 Å². The maximum Gasteiger partial charge on any atom is 0.253 e. The van der Waals surface area contributed by atoms with Crippen LogP contribution in [0.2, 0.25) is 0 Å². The Labute approximate surface area is 160 Å². The third-order valence-corrected chi connectivity index (χ3v) is 5.10. The number of methoxy groups -OCH3 is 2. The molecular formula is C22H27NO4. The summed E-state index contributed by atoms with van der Waals surface area (Å²) in [7, 11) is 3.16. The Morgan fingerprint density at radius 2 is 1.70 bits per heavy atom. The van der Waals surface area contributed by atoms with E-state index in [1.165, 1.54) is 0 Å². The van der Waals surface area contributed by atoms with Gasteiger partial charge in [0.05, 0.1) is 20.8 Å². The molecule has 0 bridgehead atoms. The van der Waals surface area contributed by atoms with Crippen molar-refractivity contribution in [1.29, 1.82) is 0 Å². The van der Waals surface area contributed by atoms with Crippen molar-refractivity contribution >= 4 is 5.91 Å². The van der Waals surface area contributed by atoms with Gasteiger partial charge in [-0.05, 0) is 55.5 Å². The quantitative estimate of drug-likeness (QED) is 0.774. The molecule has 0 spiro atoms. The molecule has 0 aliphatic carbocycles. The monoisotopic (exact) mass is 369 g/mol. The number of amides is 1. The topological polar surface area (TPSA) is 48.0 Å². The first kappa shape index (κ1) is 19.1. The van der Waals surface area contributed by atoms with Crippen molar-refractivity contribution in [2.45, 2.75) is 19.8 Å². The van der Waals surface area contributed by atoms with Gasteiger partial charge < -0.3 is 19.1 Å². The fourth-order valence-electron chi connectivity index (χ4n) is 3.38. The van der Waals surface area contributed by atoms with E-state index in [9.17, 15) is 4.79 Å². The summed E-state index contributed by atoms with van der Waals surface area (Å²) in [5.74, 6) is 2.65. The van der Waals surface area contributed by atoms with Gasteiger partial charge >= 0.3 is 0 Å². The highest BCUT2D eigenvalue weighted by molar-refractivity contribution is 5.95. The van der Waals surface area contributed by atoms with E-state index in [2.05, 4.69) is 13.0 Å². The molecule has 2 aromatic carbocycles. The van der Waals surface area contributed by atoms with Crippen LogP contribution in [-0.2, 0) is 0 Å². The van der Waals surface area contributed by atoms with Gasteiger partial charge in [0.1, 0.15) is 5.75 Å². The highest BCUT2D eigenvalue weighted by Crippen LogP contribution is 2.29. The summed E-state index contributed by atoms with van der Waals surface area (Å²) in [6, 6.07) is 13.4. The predicted molar refractivity (Wildman–Crippen MR) is 105 cm³/mol. The largest absolute Gasteiger partial charge is 0.493 e. The van der Waals surface area contributed by atoms with Crippen molar-refractivity contribution in [2.75, 3.05) is 33.9 Å². The van der Waals surface area contributed by atoms with E-state index in [0.717, 1.165) is 37.2 Å². The molecule has 5 heteroatoms. The van der Waals surface area contributed by atoms with E-state index in [1.807, 2.05) is 23.1 Å². The number of rotatable bonds is 6. The molecule has 0 aromatic heterocycles. The Morgan fingerprint density at radius 1 is 1.00 bits per heavy atom. The molecule has 1 fully saturated rings. The van der Waals surface area contributed by atoms with Crippen LogP contribution < -0.4 is 14.2 Å². The Bertz CT molecular complexity index is 782. The lowest BCUT2D eigenvalue weighted by Crippen LogP contribution is -2.39. The molecule has 0 N–H and O–H groups in total. The molecule has 0 radical (unpaired) electrons. The van der Waals surface area contributed by atoms with Gasteiger partial charge in [-0.25, -0.2) is 0 Å². The average Bonchev–Trinajstić information content (AvgIpc) is 2.72. The Morgan fingerprint density at radius 3 is 2.37 bits per heavy atom. The molecule has 1 saturated heterocycles. The minimum absolute atomic E-state index is 0.0363. The average molecular weight is 369 g/mol. The molecule has 2 aromatic rings. The highest BCUT2D eigenvalue weighted by atomic mass is 16.5. The van der Waals surface area contributed by atoms with E-state index in [-0.39, 0.29) is 5.91 Å². The van der Waals surface area contributed by atoms with E-state index >= 15 is 0 Å². The van der Waals surface area contributed by atoms with E-state index in [1.54, 1.807) is 32.4 Å². The molecule has 3 rings (SSSR count). The van der Waals surface area contributed by atoms with Crippen LogP contribution in [0.5, 0.6) is 17.2 Å². The molecule has 0 saturated carbocycles. The molecular weight excluding hydrogens is 342 g/mol. The lowest BCUT2D eigenvalue weighted by Gasteiger charge is -2.32. The minimum Gasteiger partial charge on any atom is -0.493 e. The van der Waals surface area contributed by atoms with Gasteiger partial charge in [0.15, 0.2) is 11.5 Å². The normalized spacial score (nSPS) is 14.7. The summed E-state index contributed by atoms with van der Waals surface area (Å²) in [5.41, 5.74) is 1.78. The number of hydrogen-bond acceptors (Lipinski definition) is 4. The SMILES string of the molecule is COc1ccc(C(=O)N2CCC(COc3ccccc3C)CC2)cc1OC. The second kappa shape index (κ2) is 8.80. The van der Waals surface area contributed by atoms with Crippen molar-refractivity contribution in [3.8, 4) is 17.2 Å². The number of carbonyl (C=O) groups is 1. The molecule has 5 nitrogen and oxygen atoms in total. The van der Waals surface area contributed by atoms with Gasteiger partial charge in [-0.2, -0.15) is 0 Å². The molecule has 0 atom stereocenters. The van der Waals surface area contributed by atoms with Crippen LogP contribution in [0.1, 0.15) is 28.8 Å². The molecule has 144 valence electrons. The van der Waals surface area contributed by atoms with Crippen LogP contribution in [0, 0.1) is 12.8 Å². The van der Waals surface area contributed by atoms with E-state index in [0.29, 0.717) is 29.6 Å². The fraction of sp³-hybridized carbons (Fsp3) is 0.409. The van der Waals surface area contributed by atoms with Crippen LogP contribution in [-0.4, -0.2) is 44.7 Å². The number of nitrogens with zero attached hydrogens (tertiary/aromatic N) is 1. The number of ether oxygens (including phenoxy) is 3. The number of hydrogen-bond donors (Lipinski definition) is 0. The second-order valence-corrected chi connectivity index (χ2v) is 6.88. The zero-order chi connectivity index (χ0) is 19.2. The summed E-state index contributed by atoms with van der Waals surface area (Å²) >= 11 is 0. The maximum absolute atomic E-state index is 12.8. The first-order valence-corrected chi connectivity index (χ1v) is 9.32. The second-order valence-electron chi connectivity index (χ2n) is 6.88. The van der Waals surface area contributed by atoms with Crippen LogP contribution in [0.15, 0.2) is 42.5 Å². The van der Waals surface area contributed by atoms with Crippen LogP contribution >= 0.6 is 0 Å². The molecule has 1 aliphatic rings. The van der Waals surface area contributed by atoms with Crippen LogP contribution in [0.4, 0.5) is 0 Å². The third kappa shape index (κ3) is 4.54. The van der Waals surface area contributed by atoms with E-state index in [4.69, 9.17) is 14.2 Å². The number of likely N-dealkylation sites (tertiary alicyclic amines) is 1. The molecule has 27 heavy (non-hydrogen) atoms. The summed E-state index contributed by atoms with van der Waals surface area (Å²) in [6.07, 6.45) is 1.90. The van der Waals surface area contributed by atoms with Crippen molar-refractivity contribution in [3.05, 3.63) is 53.6 Å². The molecule has 1 aliphatic heterocycles. The van der Waals surface area contributed by atoms with Crippen molar-refractivity contribution in [2.24, 2.45) is 5.92 Å². The molecule has 0 unspecified atom stereocenters. The number of para-hydroxylation sites is 1. The lowest BCUT2D eigenvalue weighted by atomic mass is 9.97. The lowest BCUT2D eigenvalue weighted by molar-refractivity contribution is 0.0660. The highest BCUT2D eigenvalue weighted by Gasteiger charge is 2.25. The first-order valence-electron chi connectivity index (χ1n) is 9.32. The molecule has 1 heterocycles. The van der Waals surface area contributed by atoms with Crippen LogP contribution in [0.25, 0.3) is 0 Å². The van der Waals surface area contributed by atoms with Crippen molar-refractivity contribution < 1.29 is 19.0 Å². The van der Waals surface area contributed by atoms with Crippen molar-refractivity contribution in [3.63, 3.8) is 0 Å². The zero-order valence-electron chi connectivity index (χ0n) is 16.2. The fourth-order valence-corrected chi connectivity index (χ4v) is 3.38. The standard InChI is InChI=1S/C22H27NO4/c1-16-6-4-5-7-19(16)27-15-17-10-12-23(13-11-17)22(24)18-8-9-20(25-2)21(14-18)26-3/h4-9,14,17H,10-13,15H2,1-3H3. The van der Waals surface area contributed by atoms with E-state index < -0.39 is 0 Å². The number of benzene rings is 2. The van der Waals surface area contributed by atoms with Gasteiger partial charge in [-0.1, -0.05) is 18.2 Å². The first-order chi connectivity index (χ1) is 13.1. The number of aryl methyl sites for hydroxylation is 1. The summed E-state index contributed by atoms with van der Waals surface area (Å²) in [4.78, 5) is 14.7. The van der Waals surface area contributed by atoms with Crippen LogP contribution in [0.3, 0.4) is 0 Å². The van der Waals surface area contributed by atoms with Gasteiger partial charge in [-0.15, -0.1) is 0 Å². The summed E-state index contributed by atoms with van der Waals surface area (Å²) in [5, 5.41) is 0. The minimum atomic E-state index is 0.0363. The number of carbonyl (C=O) groups excluding carboxylic acids is 1. The van der Waals surface area contributed by atoms with Gasteiger partial charge in [0.2, 0.25) is 0 Å². The number of piperidine rings is 1. The Kier molecular flexibility index (Phi) is 6.22. The summed E-state index contributed by atoms with van der Waals surface area (Å²) in [6.45, 7) is 4.24. The predicted octanol–water partition coefficient (Wildman–Crippen LogP) is 3.94.